The number of nitrogens with zero attached hydrogens (tertiary/aromatic N) is 1. The van der Waals surface area contributed by atoms with Gasteiger partial charge in [0.05, 0.1) is 10.6 Å². The quantitative estimate of drug-likeness (QED) is 0.539. The van der Waals surface area contributed by atoms with Gasteiger partial charge in [-0.3, -0.25) is 0 Å². The van der Waals surface area contributed by atoms with Gasteiger partial charge in [-0.2, -0.15) is 13.2 Å². The maximum Gasteiger partial charge on any atom is 0.417 e. The topological polar surface area (TPSA) is 24.9 Å². The van der Waals surface area contributed by atoms with Crippen LogP contribution in [0.15, 0.2) is 17.3 Å². The van der Waals surface area contributed by atoms with Crippen LogP contribution < -0.4 is 5.32 Å². The summed E-state index contributed by atoms with van der Waals surface area (Å²) >= 11 is 7.19. The third-order valence-electron chi connectivity index (χ3n) is 2.79. The highest BCUT2D eigenvalue weighted by molar-refractivity contribution is 7.99. The fraction of sp³-hybridized carbons (Fsp3) is 0.643. The Morgan fingerprint density at radius 1 is 1.33 bits per heavy atom. The molecule has 1 aromatic heterocycles. The largest absolute Gasteiger partial charge is 0.417 e. The van der Waals surface area contributed by atoms with Crippen molar-refractivity contribution in [2.45, 2.75) is 37.9 Å². The Morgan fingerprint density at radius 2 is 2.05 bits per heavy atom. The van der Waals surface area contributed by atoms with Crippen molar-refractivity contribution in [2.24, 2.45) is 5.92 Å². The van der Waals surface area contributed by atoms with Gasteiger partial charge in [0.1, 0.15) is 5.03 Å². The van der Waals surface area contributed by atoms with Gasteiger partial charge in [-0.05, 0) is 31.4 Å². The fourth-order valence-corrected chi connectivity index (χ4v) is 2.76. The Hall–Kier alpha value is -0.460. The second kappa shape index (κ2) is 8.86. The normalized spacial score (nSPS) is 12.1. The van der Waals surface area contributed by atoms with E-state index in [1.165, 1.54) is 18.2 Å². The molecule has 1 heterocycles. The first-order valence-corrected chi connectivity index (χ1v) is 8.23. The van der Waals surface area contributed by atoms with Gasteiger partial charge in [0, 0.05) is 18.5 Å². The van der Waals surface area contributed by atoms with E-state index in [9.17, 15) is 13.2 Å². The van der Waals surface area contributed by atoms with Crippen molar-refractivity contribution in [3.8, 4) is 0 Å². The lowest BCUT2D eigenvalue weighted by Crippen LogP contribution is -2.18. The molecule has 0 saturated heterocycles. The average Bonchev–Trinajstić information content (AvgIpc) is 2.37. The molecule has 0 unspecified atom stereocenters. The number of thioether (sulfide) groups is 1. The van der Waals surface area contributed by atoms with Gasteiger partial charge in [-0.15, -0.1) is 11.8 Å². The Balaban J connectivity index is 2.30. The molecular formula is C14H20ClF3N2S. The monoisotopic (exact) mass is 340 g/mol. The Labute approximate surface area is 132 Å². The molecule has 0 amide bonds. The number of hydrogen-bond donors (Lipinski definition) is 1. The van der Waals surface area contributed by atoms with E-state index in [0.717, 1.165) is 37.5 Å². The molecule has 1 N–H and O–H groups in total. The van der Waals surface area contributed by atoms with E-state index >= 15 is 0 Å². The number of aromatic nitrogens is 1. The number of alkyl halides is 3. The van der Waals surface area contributed by atoms with Crippen molar-refractivity contribution in [1.82, 2.24) is 10.3 Å². The third-order valence-corrected chi connectivity index (χ3v) is 4.19. The van der Waals surface area contributed by atoms with E-state index in [1.54, 1.807) is 0 Å². The summed E-state index contributed by atoms with van der Waals surface area (Å²) in [5.74, 6) is 1.43. The first-order chi connectivity index (χ1) is 9.80. The van der Waals surface area contributed by atoms with Gasteiger partial charge in [-0.1, -0.05) is 25.4 Å². The predicted octanol–water partition coefficient (Wildman–Crippen LogP) is 4.87. The van der Waals surface area contributed by atoms with Crippen LogP contribution in [0.5, 0.6) is 0 Å². The highest BCUT2D eigenvalue weighted by Crippen LogP contribution is 2.33. The molecule has 1 rings (SSSR count). The molecule has 0 radical (unpaired) electrons. The highest BCUT2D eigenvalue weighted by atomic mass is 35.5. The smallest absolute Gasteiger partial charge is 0.316 e. The van der Waals surface area contributed by atoms with Crippen LogP contribution in [-0.2, 0) is 6.18 Å². The highest BCUT2D eigenvalue weighted by Gasteiger charge is 2.31. The molecule has 0 aromatic carbocycles. The van der Waals surface area contributed by atoms with E-state index in [1.807, 2.05) is 0 Å². The average molecular weight is 341 g/mol. The SMILES string of the molecule is CC(C)CCCNCCSc1ncc(C(F)(F)F)cc1Cl. The molecule has 0 spiro atoms. The molecule has 0 aliphatic carbocycles. The maximum absolute atomic E-state index is 12.5. The van der Waals surface area contributed by atoms with E-state index in [4.69, 9.17) is 11.6 Å². The van der Waals surface area contributed by atoms with E-state index < -0.39 is 11.7 Å². The summed E-state index contributed by atoms with van der Waals surface area (Å²) in [5, 5.41) is 3.78. The van der Waals surface area contributed by atoms with Crippen LogP contribution in [0.1, 0.15) is 32.3 Å². The van der Waals surface area contributed by atoms with Gasteiger partial charge in [-0.25, -0.2) is 4.98 Å². The minimum atomic E-state index is -4.40. The Morgan fingerprint density at radius 3 is 2.62 bits per heavy atom. The number of pyridine rings is 1. The number of halogens is 4. The van der Waals surface area contributed by atoms with Crippen molar-refractivity contribution in [3.63, 3.8) is 0 Å². The molecule has 0 saturated carbocycles. The van der Waals surface area contributed by atoms with Gasteiger partial charge in [0.15, 0.2) is 0 Å². The van der Waals surface area contributed by atoms with Crippen molar-refractivity contribution in [3.05, 3.63) is 22.8 Å². The van der Waals surface area contributed by atoms with Crippen LogP contribution >= 0.6 is 23.4 Å². The summed E-state index contributed by atoms with van der Waals surface area (Å²) in [6.07, 6.45) is -1.27. The summed E-state index contributed by atoms with van der Waals surface area (Å²) in [7, 11) is 0. The number of hydrogen-bond acceptors (Lipinski definition) is 3. The minimum absolute atomic E-state index is 0.0506. The second-order valence-electron chi connectivity index (χ2n) is 5.14. The maximum atomic E-state index is 12.5. The van der Waals surface area contributed by atoms with Gasteiger partial charge in [0.25, 0.3) is 0 Å². The zero-order chi connectivity index (χ0) is 15.9. The van der Waals surface area contributed by atoms with Crippen LogP contribution in [0.25, 0.3) is 0 Å². The van der Waals surface area contributed by atoms with Crippen LogP contribution in [0, 0.1) is 5.92 Å². The van der Waals surface area contributed by atoms with E-state index in [0.29, 0.717) is 10.9 Å². The zero-order valence-corrected chi connectivity index (χ0v) is 13.7. The Bertz CT molecular complexity index is 439. The molecule has 0 aliphatic heterocycles. The zero-order valence-electron chi connectivity index (χ0n) is 12.1. The molecule has 0 fully saturated rings. The molecule has 0 bridgehead atoms. The van der Waals surface area contributed by atoms with Crippen molar-refractivity contribution in [1.29, 1.82) is 0 Å². The molecular weight excluding hydrogens is 321 g/mol. The standard InChI is InChI=1S/C14H20ClF3N2S/c1-10(2)4-3-5-19-6-7-21-13-12(15)8-11(9-20-13)14(16,17)18/h8-10,19H,3-7H2,1-2H3. The summed E-state index contributed by atoms with van der Waals surface area (Å²) in [6, 6.07) is 0.924. The van der Waals surface area contributed by atoms with Crippen LogP contribution in [0.3, 0.4) is 0 Å². The number of rotatable bonds is 8. The van der Waals surface area contributed by atoms with Crippen LogP contribution in [-0.4, -0.2) is 23.8 Å². The minimum Gasteiger partial charge on any atom is -0.316 e. The van der Waals surface area contributed by atoms with Crippen LogP contribution in [0.4, 0.5) is 13.2 Å². The van der Waals surface area contributed by atoms with Crippen molar-refractivity contribution in [2.75, 3.05) is 18.8 Å². The number of nitrogens with one attached hydrogen (secondary N) is 1. The lowest BCUT2D eigenvalue weighted by atomic mass is 10.1. The lowest BCUT2D eigenvalue weighted by Gasteiger charge is -2.09. The van der Waals surface area contributed by atoms with E-state index in [2.05, 4.69) is 24.1 Å². The summed E-state index contributed by atoms with van der Waals surface area (Å²) in [4.78, 5) is 3.79. The summed E-state index contributed by atoms with van der Waals surface area (Å²) < 4.78 is 37.4. The first kappa shape index (κ1) is 18.6. The van der Waals surface area contributed by atoms with Gasteiger partial charge < -0.3 is 5.32 Å². The van der Waals surface area contributed by atoms with Gasteiger partial charge >= 0.3 is 6.18 Å². The molecule has 7 heteroatoms. The van der Waals surface area contributed by atoms with Crippen molar-refractivity contribution < 1.29 is 13.2 Å². The Kier molecular flexibility index (Phi) is 7.84. The second-order valence-corrected chi connectivity index (χ2v) is 6.63. The van der Waals surface area contributed by atoms with Crippen LogP contribution in [0.2, 0.25) is 5.02 Å². The summed E-state index contributed by atoms with van der Waals surface area (Å²) in [5.41, 5.74) is -0.816. The molecule has 0 aliphatic rings. The molecule has 0 atom stereocenters. The first-order valence-electron chi connectivity index (χ1n) is 6.87. The molecule has 2 nitrogen and oxygen atoms in total. The predicted molar refractivity (Wildman–Crippen MR) is 81.9 cm³/mol. The fourth-order valence-electron chi connectivity index (χ4n) is 1.67. The molecule has 21 heavy (non-hydrogen) atoms. The summed E-state index contributed by atoms with van der Waals surface area (Å²) in [6.45, 7) is 6.11. The van der Waals surface area contributed by atoms with E-state index in [-0.39, 0.29) is 5.02 Å². The molecule has 120 valence electrons. The lowest BCUT2D eigenvalue weighted by molar-refractivity contribution is -0.137. The molecule has 1 aromatic rings. The third kappa shape index (κ3) is 7.38. The van der Waals surface area contributed by atoms with Crippen molar-refractivity contribution >= 4 is 23.4 Å². The van der Waals surface area contributed by atoms with Gasteiger partial charge in [0.2, 0.25) is 0 Å².